The quantitative estimate of drug-likeness (QED) is 0.425. The Hall–Kier alpha value is -2.17. The fourth-order valence-electron chi connectivity index (χ4n) is 3.60. The monoisotopic (exact) mass is 400 g/mol. The van der Waals surface area contributed by atoms with E-state index in [0.717, 1.165) is 32.4 Å². The molecule has 2 aromatic rings. The third-order valence-electron chi connectivity index (χ3n) is 5.10. The van der Waals surface area contributed by atoms with Gasteiger partial charge in [0.05, 0.1) is 11.1 Å². The van der Waals surface area contributed by atoms with Crippen LogP contribution in [-0.2, 0) is 6.54 Å². The Balaban J connectivity index is 0.00000280. The van der Waals surface area contributed by atoms with Gasteiger partial charge in [-0.3, -0.25) is 14.5 Å². The standard InChI is InChI=1S/C23H28N2O2.ClH/c1-24(18-19-12-6-5-7-13-19)16-10-3-2-4-11-17-25-22(26)20-14-8-9-15-21(20)23(25)27;/h5-9,12-15H,2-4,10-11,16-18H2,1H3;1H. The number of nitrogens with zero attached hydrogens (tertiary/aromatic N) is 2. The highest BCUT2D eigenvalue weighted by Gasteiger charge is 2.34. The average Bonchev–Trinajstić information content (AvgIpc) is 2.93. The number of imide groups is 1. The highest BCUT2D eigenvalue weighted by molar-refractivity contribution is 6.21. The molecule has 0 saturated heterocycles. The summed E-state index contributed by atoms with van der Waals surface area (Å²) >= 11 is 0. The number of benzene rings is 2. The number of rotatable bonds is 10. The maximum atomic E-state index is 12.3. The van der Waals surface area contributed by atoms with E-state index in [1.807, 2.05) is 18.2 Å². The zero-order valence-corrected chi connectivity index (χ0v) is 17.3. The van der Waals surface area contributed by atoms with Crippen molar-refractivity contribution in [3.63, 3.8) is 0 Å². The van der Waals surface area contributed by atoms with Crippen LogP contribution in [0, 0.1) is 0 Å². The molecule has 0 saturated carbocycles. The number of fused-ring (bicyclic) bond motifs is 1. The topological polar surface area (TPSA) is 40.6 Å². The second kappa shape index (κ2) is 11.0. The zero-order chi connectivity index (χ0) is 19.1. The van der Waals surface area contributed by atoms with Crippen LogP contribution in [0.25, 0.3) is 0 Å². The van der Waals surface area contributed by atoms with Crippen molar-refractivity contribution in [3.8, 4) is 0 Å². The molecule has 150 valence electrons. The summed E-state index contributed by atoms with van der Waals surface area (Å²) in [5.74, 6) is -0.281. The Labute approximate surface area is 173 Å². The van der Waals surface area contributed by atoms with E-state index in [0.29, 0.717) is 17.7 Å². The molecule has 2 aromatic carbocycles. The number of halogens is 1. The normalized spacial score (nSPS) is 13.0. The van der Waals surface area contributed by atoms with Crippen LogP contribution in [0.4, 0.5) is 0 Å². The molecule has 0 aromatic heterocycles. The van der Waals surface area contributed by atoms with Crippen LogP contribution >= 0.6 is 12.4 Å². The van der Waals surface area contributed by atoms with E-state index in [9.17, 15) is 9.59 Å². The number of unbranched alkanes of at least 4 members (excludes halogenated alkanes) is 4. The third-order valence-corrected chi connectivity index (χ3v) is 5.10. The van der Waals surface area contributed by atoms with Crippen LogP contribution in [0.3, 0.4) is 0 Å². The minimum absolute atomic E-state index is 0. The zero-order valence-electron chi connectivity index (χ0n) is 16.5. The highest BCUT2D eigenvalue weighted by Crippen LogP contribution is 2.22. The SMILES string of the molecule is CN(CCCCCCCN1C(=O)c2ccccc2C1=O)Cc1ccccc1.Cl. The molecular formula is C23H29ClN2O2. The lowest BCUT2D eigenvalue weighted by Crippen LogP contribution is -2.30. The molecule has 2 amide bonds. The van der Waals surface area contributed by atoms with E-state index in [4.69, 9.17) is 0 Å². The van der Waals surface area contributed by atoms with Crippen molar-refractivity contribution < 1.29 is 9.59 Å². The first-order valence-corrected chi connectivity index (χ1v) is 9.84. The Bertz CT molecular complexity index is 744. The molecule has 0 aliphatic carbocycles. The first-order valence-electron chi connectivity index (χ1n) is 9.84. The molecule has 0 radical (unpaired) electrons. The first kappa shape index (κ1) is 22.1. The van der Waals surface area contributed by atoms with Crippen LogP contribution in [0.15, 0.2) is 54.6 Å². The molecule has 1 aliphatic heterocycles. The molecule has 0 atom stereocenters. The van der Waals surface area contributed by atoms with Gasteiger partial charge in [0.2, 0.25) is 0 Å². The summed E-state index contributed by atoms with van der Waals surface area (Å²) in [5.41, 5.74) is 2.44. The van der Waals surface area contributed by atoms with Gasteiger partial charge in [0.15, 0.2) is 0 Å². The van der Waals surface area contributed by atoms with E-state index >= 15 is 0 Å². The summed E-state index contributed by atoms with van der Waals surface area (Å²) in [6, 6.07) is 17.6. The van der Waals surface area contributed by atoms with Crippen LogP contribution < -0.4 is 0 Å². The van der Waals surface area contributed by atoms with E-state index in [1.165, 1.54) is 23.3 Å². The van der Waals surface area contributed by atoms with Gasteiger partial charge in [-0.15, -0.1) is 12.4 Å². The van der Waals surface area contributed by atoms with Crippen LogP contribution in [0.2, 0.25) is 0 Å². The maximum absolute atomic E-state index is 12.3. The van der Waals surface area contributed by atoms with Crippen molar-refractivity contribution in [2.45, 2.75) is 38.6 Å². The Morgan fingerprint density at radius 1 is 0.750 bits per heavy atom. The molecule has 28 heavy (non-hydrogen) atoms. The van der Waals surface area contributed by atoms with Crippen molar-refractivity contribution >= 4 is 24.2 Å². The van der Waals surface area contributed by atoms with Crippen molar-refractivity contribution in [1.82, 2.24) is 9.80 Å². The molecule has 0 spiro atoms. The molecule has 1 aliphatic rings. The van der Waals surface area contributed by atoms with Gasteiger partial charge in [0.1, 0.15) is 0 Å². The summed E-state index contributed by atoms with van der Waals surface area (Å²) in [5, 5.41) is 0. The first-order chi connectivity index (χ1) is 13.2. The summed E-state index contributed by atoms with van der Waals surface area (Å²) in [6.07, 6.45) is 5.43. The van der Waals surface area contributed by atoms with E-state index < -0.39 is 0 Å². The van der Waals surface area contributed by atoms with Crippen LogP contribution in [0.1, 0.15) is 58.4 Å². The summed E-state index contributed by atoms with van der Waals surface area (Å²) in [7, 11) is 2.16. The molecular weight excluding hydrogens is 372 g/mol. The number of hydrogen-bond acceptors (Lipinski definition) is 3. The van der Waals surface area contributed by atoms with Gasteiger partial charge < -0.3 is 4.90 Å². The predicted octanol–water partition coefficient (Wildman–Crippen LogP) is 4.79. The van der Waals surface area contributed by atoms with E-state index in [-0.39, 0.29) is 24.2 Å². The number of hydrogen-bond donors (Lipinski definition) is 0. The maximum Gasteiger partial charge on any atom is 0.261 e. The minimum atomic E-state index is -0.141. The molecule has 1 heterocycles. The van der Waals surface area contributed by atoms with Gasteiger partial charge in [-0.05, 0) is 44.1 Å². The Morgan fingerprint density at radius 3 is 1.93 bits per heavy atom. The van der Waals surface area contributed by atoms with Crippen LogP contribution in [0.5, 0.6) is 0 Å². The molecule has 0 bridgehead atoms. The van der Waals surface area contributed by atoms with Crippen molar-refractivity contribution in [2.75, 3.05) is 20.1 Å². The summed E-state index contributed by atoms with van der Waals surface area (Å²) < 4.78 is 0. The highest BCUT2D eigenvalue weighted by atomic mass is 35.5. The van der Waals surface area contributed by atoms with Crippen LogP contribution in [-0.4, -0.2) is 41.8 Å². The van der Waals surface area contributed by atoms with Crippen molar-refractivity contribution in [1.29, 1.82) is 0 Å². The van der Waals surface area contributed by atoms with E-state index in [2.05, 4.69) is 36.2 Å². The van der Waals surface area contributed by atoms with Gasteiger partial charge in [0.25, 0.3) is 11.8 Å². The average molecular weight is 401 g/mol. The lowest BCUT2D eigenvalue weighted by molar-refractivity contribution is 0.0651. The fraction of sp³-hybridized carbons (Fsp3) is 0.391. The van der Waals surface area contributed by atoms with Crippen molar-refractivity contribution in [2.24, 2.45) is 0 Å². The van der Waals surface area contributed by atoms with Gasteiger partial charge in [-0.25, -0.2) is 0 Å². The Kier molecular flexibility index (Phi) is 8.68. The third kappa shape index (κ3) is 5.66. The Morgan fingerprint density at radius 2 is 1.29 bits per heavy atom. The molecule has 5 heteroatoms. The second-order valence-electron chi connectivity index (χ2n) is 7.30. The van der Waals surface area contributed by atoms with Crippen molar-refractivity contribution in [3.05, 3.63) is 71.3 Å². The van der Waals surface area contributed by atoms with Gasteiger partial charge in [-0.1, -0.05) is 61.7 Å². The minimum Gasteiger partial charge on any atom is -0.302 e. The molecule has 0 fully saturated rings. The molecule has 3 rings (SSSR count). The lowest BCUT2D eigenvalue weighted by Gasteiger charge is -2.16. The van der Waals surface area contributed by atoms with E-state index in [1.54, 1.807) is 12.1 Å². The largest absolute Gasteiger partial charge is 0.302 e. The van der Waals surface area contributed by atoms with Gasteiger partial charge >= 0.3 is 0 Å². The number of amides is 2. The molecule has 0 N–H and O–H groups in total. The summed E-state index contributed by atoms with van der Waals surface area (Å²) in [4.78, 5) is 28.4. The summed E-state index contributed by atoms with van der Waals surface area (Å²) in [6.45, 7) is 2.61. The smallest absolute Gasteiger partial charge is 0.261 e. The molecule has 4 nitrogen and oxygen atoms in total. The lowest BCUT2D eigenvalue weighted by atomic mass is 10.1. The number of carbonyl (C=O) groups excluding carboxylic acids is 2. The van der Waals surface area contributed by atoms with Gasteiger partial charge in [-0.2, -0.15) is 0 Å². The predicted molar refractivity (Wildman–Crippen MR) is 115 cm³/mol. The van der Waals surface area contributed by atoms with Gasteiger partial charge in [0, 0.05) is 13.1 Å². The number of carbonyl (C=O) groups is 2. The molecule has 0 unspecified atom stereocenters. The second-order valence-corrected chi connectivity index (χ2v) is 7.30. The fourth-order valence-corrected chi connectivity index (χ4v) is 3.60.